The van der Waals surface area contributed by atoms with E-state index in [1.165, 1.54) is 36.4 Å². The molecule has 0 bridgehead atoms. The summed E-state index contributed by atoms with van der Waals surface area (Å²) in [7, 11) is -7.40. The van der Waals surface area contributed by atoms with E-state index in [2.05, 4.69) is 9.71 Å². The maximum atomic E-state index is 12.1. The van der Waals surface area contributed by atoms with E-state index in [4.69, 9.17) is 16.2 Å². The number of guanidine groups is 1. The molecule has 2 rings (SSSR count). The number of nitrogens with one attached hydrogen (secondary N) is 1. The molecule has 0 aliphatic carbocycles. The lowest BCUT2D eigenvalue weighted by molar-refractivity contribution is 0.100. The van der Waals surface area contributed by atoms with Gasteiger partial charge < -0.3 is 16.2 Å². The fourth-order valence-corrected chi connectivity index (χ4v) is 4.14. The standard InChI is InChI=1S/C17H20N4O6S2/c1-3-20-29(25,26)13-7-5-12(6-8-13)27-14-9-4-11(16(22)21-17(18)19)10-15(14)28(2,23)24/h4-10,20H,3H2,1-2H3,(H4,18,19,21,22). The zero-order valence-corrected chi connectivity index (χ0v) is 17.2. The third kappa shape index (κ3) is 5.76. The summed E-state index contributed by atoms with van der Waals surface area (Å²) in [5, 5.41) is 0. The zero-order valence-electron chi connectivity index (χ0n) is 15.6. The first-order valence-corrected chi connectivity index (χ1v) is 11.6. The van der Waals surface area contributed by atoms with E-state index in [0.29, 0.717) is 0 Å². The molecule has 0 aliphatic heterocycles. The number of sulfone groups is 1. The van der Waals surface area contributed by atoms with Crippen LogP contribution in [0.25, 0.3) is 0 Å². The maximum absolute atomic E-state index is 12.1. The van der Waals surface area contributed by atoms with Gasteiger partial charge in [0.15, 0.2) is 15.8 Å². The Bertz CT molecular complexity index is 1150. The van der Waals surface area contributed by atoms with Crippen molar-refractivity contribution >= 4 is 31.7 Å². The molecule has 10 nitrogen and oxygen atoms in total. The van der Waals surface area contributed by atoms with Gasteiger partial charge in [-0.15, -0.1) is 0 Å². The monoisotopic (exact) mass is 440 g/mol. The topological polar surface area (TPSA) is 171 Å². The highest BCUT2D eigenvalue weighted by molar-refractivity contribution is 7.90. The highest BCUT2D eigenvalue weighted by Gasteiger charge is 2.19. The van der Waals surface area contributed by atoms with Crippen LogP contribution in [-0.4, -0.2) is 41.5 Å². The first-order valence-electron chi connectivity index (χ1n) is 8.19. The van der Waals surface area contributed by atoms with Crippen molar-refractivity contribution in [3.05, 3.63) is 48.0 Å². The number of benzene rings is 2. The Labute approximate surface area is 168 Å². The summed E-state index contributed by atoms with van der Waals surface area (Å²) in [5.74, 6) is -1.10. The molecule has 0 radical (unpaired) electrons. The number of amides is 1. The molecule has 1 amide bonds. The fourth-order valence-electron chi connectivity index (χ4n) is 2.28. The molecule has 5 N–H and O–H groups in total. The smallest absolute Gasteiger partial charge is 0.280 e. The van der Waals surface area contributed by atoms with E-state index in [-0.39, 0.29) is 33.4 Å². The van der Waals surface area contributed by atoms with E-state index in [1.54, 1.807) is 6.92 Å². The van der Waals surface area contributed by atoms with Crippen LogP contribution in [0.15, 0.2) is 57.2 Å². The lowest BCUT2D eigenvalue weighted by atomic mass is 10.2. The molecule has 0 heterocycles. The minimum atomic E-state index is -3.77. The normalized spacial score (nSPS) is 11.7. The Hall–Kier alpha value is -2.96. The van der Waals surface area contributed by atoms with Gasteiger partial charge in [-0.25, -0.2) is 21.6 Å². The largest absolute Gasteiger partial charge is 0.456 e. The lowest BCUT2D eigenvalue weighted by Gasteiger charge is -2.12. The molecule has 12 heteroatoms. The van der Waals surface area contributed by atoms with E-state index in [0.717, 1.165) is 12.3 Å². The summed E-state index contributed by atoms with van der Waals surface area (Å²) in [6, 6.07) is 9.11. The van der Waals surface area contributed by atoms with Gasteiger partial charge in [0, 0.05) is 18.4 Å². The Kier molecular flexibility index (Phi) is 6.62. The first-order chi connectivity index (χ1) is 13.4. The second kappa shape index (κ2) is 8.59. The van der Waals surface area contributed by atoms with Gasteiger partial charge in [-0.2, -0.15) is 4.99 Å². The van der Waals surface area contributed by atoms with Crippen molar-refractivity contribution in [1.29, 1.82) is 0 Å². The summed E-state index contributed by atoms with van der Waals surface area (Å²) >= 11 is 0. The number of carbonyl (C=O) groups excluding carboxylic acids is 1. The molecular formula is C17H20N4O6S2. The highest BCUT2D eigenvalue weighted by atomic mass is 32.2. The number of nitrogens with zero attached hydrogens (tertiary/aromatic N) is 1. The molecule has 0 aliphatic rings. The summed E-state index contributed by atoms with van der Waals surface area (Å²) in [4.78, 5) is 15.1. The predicted molar refractivity (Wildman–Crippen MR) is 107 cm³/mol. The maximum Gasteiger partial charge on any atom is 0.280 e. The summed E-state index contributed by atoms with van der Waals surface area (Å²) in [6.07, 6.45) is 0.954. The van der Waals surface area contributed by atoms with Gasteiger partial charge >= 0.3 is 0 Å². The number of ether oxygens (including phenoxy) is 1. The van der Waals surface area contributed by atoms with E-state index in [1.807, 2.05) is 0 Å². The van der Waals surface area contributed by atoms with Crippen LogP contribution in [0.5, 0.6) is 11.5 Å². The van der Waals surface area contributed by atoms with Crippen LogP contribution >= 0.6 is 0 Å². The molecule has 156 valence electrons. The number of sulfonamides is 1. The second-order valence-corrected chi connectivity index (χ2v) is 9.60. The SMILES string of the molecule is CCNS(=O)(=O)c1ccc(Oc2ccc(C(=O)N=C(N)N)cc2S(C)(=O)=O)cc1. The number of nitrogens with two attached hydrogens (primary N) is 2. The van der Waals surface area contributed by atoms with Gasteiger partial charge in [0.05, 0.1) is 4.90 Å². The number of rotatable bonds is 7. The second-order valence-electron chi connectivity index (χ2n) is 5.85. The predicted octanol–water partition coefficient (Wildman–Crippen LogP) is 0.594. The number of carbonyl (C=O) groups is 1. The highest BCUT2D eigenvalue weighted by Crippen LogP contribution is 2.30. The minimum Gasteiger partial charge on any atom is -0.456 e. The van der Waals surface area contributed by atoms with Crippen LogP contribution in [0.1, 0.15) is 17.3 Å². The quantitative estimate of drug-likeness (QED) is 0.415. The van der Waals surface area contributed by atoms with Gasteiger partial charge in [0.2, 0.25) is 10.0 Å². The fraction of sp³-hybridized carbons (Fsp3) is 0.176. The van der Waals surface area contributed by atoms with Crippen molar-refractivity contribution in [3.63, 3.8) is 0 Å². The molecule has 0 spiro atoms. The number of hydrogen-bond donors (Lipinski definition) is 3. The molecular weight excluding hydrogens is 420 g/mol. The average Bonchev–Trinajstić information content (AvgIpc) is 2.61. The lowest BCUT2D eigenvalue weighted by Crippen LogP contribution is -2.24. The van der Waals surface area contributed by atoms with Crippen LogP contribution in [0.2, 0.25) is 0 Å². The Morgan fingerprint density at radius 3 is 2.21 bits per heavy atom. The Morgan fingerprint density at radius 1 is 1.07 bits per heavy atom. The van der Waals surface area contributed by atoms with Crippen LogP contribution in [0.4, 0.5) is 0 Å². The molecule has 2 aromatic carbocycles. The molecule has 0 unspecified atom stereocenters. The van der Waals surface area contributed by atoms with Crippen LogP contribution < -0.4 is 20.9 Å². The minimum absolute atomic E-state index is 0.0354. The van der Waals surface area contributed by atoms with Gasteiger partial charge in [0.1, 0.15) is 16.4 Å². The van der Waals surface area contributed by atoms with E-state index < -0.39 is 31.7 Å². The van der Waals surface area contributed by atoms with Crippen molar-refractivity contribution in [2.45, 2.75) is 16.7 Å². The van der Waals surface area contributed by atoms with Gasteiger partial charge in [-0.05, 0) is 42.5 Å². The van der Waals surface area contributed by atoms with Crippen molar-refractivity contribution in [2.24, 2.45) is 16.5 Å². The summed E-state index contributed by atoms with van der Waals surface area (Å²) < 4.78 is 56.2. The molecule has 29 heavy (non-hydrogen) atoms. The zero-order chi connectivity index (χ0) is 21.8. The molecule has 2 aromatic rings. The Morgan fingerprint density at radius 2 is 1.69 bits per heavy atom. The molecule has 0 saturated heterocycles. The molecule has 0 saturated carbocycles. The van der Waals surface area contributed by atoms with Crippen molar-refractivity contribution in [3.8, 4) is 11.5 Å². The van der Waals surface area contributed by atoms with Crippen molar-refractivity contribution < 1.29 is 26.4 Å². The molecule has 0 atom stereocenters. The number of aliphatic imine (C=N–C) groups is 1. The number of hydrogen-bond acceptors (Lipinski definition) is 6. The molecule has 0 aromatic heterocycles. The van der Waals surface area contributed by atoms with Crippen LogP contribution in [-0.2, 0) is 19.9 Å². The van der Waals surface area contributed by atoms with Crippen LogP contribution in [0, 0.1) is 0 Å². The van der Waals surface area contributed by atoms with Crippen LogP contribution in [0.3, 0.4) is 0 Å². The van der Waals surface area contributed by atoms with E-state index >= 15 is 0 Å². The van der Waals surface area contributed by atoms with Gasteiger partial charge in [-0.3, -0.25) is 4.79 Å². The third-order valence-electron chi connectivity index (χ3n) is 3.52. The van der Waals surface area contributed by atoms with Gasteiger partial charge in [-0.1, -0.05) is 6.92 Å². The van der Waals surface area contributed by atoms with Crippen molar-refractivity contribution in [2.75, 3.05) is 12.8 Å². The average molecular weight is 441 g/mol. The first kappa shape index (κ1) is 22.3. The third-order valence-corrected chi connectivity index (χ3v) is 6.20. The van der Waals surface area contributed by atoms with E-state index in [9.17, 15) is 21.6 Å². The van der Waals surface area contributed by atoms with Crippen molar-refractivity contribution in [1.82, 2.24) is 4.72 Å². The Balaban J connectivity index is 2.40. The molecule has 0 fully saturated rings. The van der Waals surface area contributed by atoms with Gasteiger partial charge in [0.25, 0.3) is 5.91 Å². The summed E-state index contributed by atoms with van der Waals surface area (Å²) in [6.45, 7) is 1.90. The summed E-state index contributed by atoms with van der Waals surface area (Å²) in [5.41, 5.74) is 10.3.